The van der Waals surface area contributed by atoms with Crippen molar-refractivity contribution in [3.05, 3.63) is 77.8 Å². The second-order valence-electron chi connectivity index (χ2n) is 7.63. The highest BCUT2D eigenvalue weighted by atomic mass is 35.5. The molecule has 0 spiro atoms. The molecule has 9 nitrogen and oxygen atoms in total. The molecule has 1 heterocycles. The van der Waals surface area contributed by atoms with E-state index in [1.807, 2.05) is 0 Å². The van der Waals surface area contributed by atoms with Crippen molar-refractivity contribution in [2.45, 2.75) is 17.9 Å². The van der Waals surface area contributed by atoms with Gasteiger partial charge in [0.2, 0.25) is 10.0 Å². The predicted molar refractivity (Wildman–Crippen MR) is 135 cm³/mol. The molecule has 1 aliphatic heterocycles. The number of fused-ring (bicyclic) bond motifs is 1. The third-order valence-corrected chi connectivity index (χ3v) is 8.65. The summed E-state index contributed by atoms with van der Waals surface area (Å²) >= 11 is 5.82. The fourth-order valence-corrected chi connectivity index (χ4v) is 5.74. The van der Waals surface area contributed by atoms with Crippen molar-refractivity contribution in [2.75, 3.05) is 26.6 Å². The monoisotopic (exact) mass is 535 g/mol. The van der Waals surface area contributed by atoms with Crippen LogP contribution in [0.5, 0.6) is 5.75 Å². The number of ether oxygens (including phenoxy) is 1. The van der Waals surface area contributed by atoms with Gasteiger partial charge >= 0.3 is 0 Å². The minimum atomic E-state index is -3.86. The van der Waals surface area contributed by atoms with E-state index in [0.29, 0.717) is 22.1 Å². The van der Waals surface area contributed by atoms with E-state index in [-0.39, 0.29) is 22.9 Å². The minimum absolute atomic E-state index is 0.00601. The Labute approximate surface area is 208 Å². The number of nitrogens with zero attached hydrogens (tertiary/aromatic N) is 1. The van der Waals surface area contributed by atoms with Gasteiger partial charge in [0.1, 0.15) is 5.75 Å². The Balaban J connectivity index is 1.48. The first-order chi connectivity index (χ1) is 16.6. The molecule has 0 saturated carbocycles. The number of para-hydroxylation sites is 2. The van der Waals surface area contributed by atoms with E-state index in [0.717, 1.165) is 0 Å². The maximum atomic E-state index is 12.9. The lowest BCUT2D eigenvalue weighted by atomic mass is 10.2. The smallest absolute Gasteiger partial charge is 0.267 e. The molecule has 0 aromatic heterocycles. The Morgan fingerprint density at radius 3 is 2.26 bits per heavy atom. The van der Waals surface area contributed by atoms with Gasteiger partial charge in [-0.15, -0.1) is 0 Å². The summed E-state index contributed by atoms with van der Waals surface area (Å²) in [6, 6.07) is 18.4. The SMILES string of the molecule is CCS(=O)(=O)N1CC(C(=O)Nc2ccc(S(=O)(=O)Nc3ccc(Cl)cc3)cc2)Oc2ccccc21. The van der Waals surface area contributed by atoms with Crippen molar-refractivity contribution in [1.82, 2.24) is 0 Å². The Kier molecular flexibility index (Phi) is 6.93. The Bertz CT molecular complexity index is 1440. The molecule has 12 heteroatoms. The van der Waals surface area contributed by atoms with Crippen LogP contribution >= 0.6 is 11.6 Å². The zero-order valence-electron chi connectivity index (χ0n) is 18.5. The minimum Gasteiger partial charge on any atom is -0.476 e. The molecule has 0 aliphatic carbocycles. The van der Waals surface area contributed by atoms with Gasteiger partial charge in [0.25, 0.3) is 15.9 Å². The summed E-state index contributed by atoms with van der Waals surface area (Å²) < 4.78 is 59.8. The van der Waals surface area contributed by atoms with Gasteiger partial charge in [0.05, 0.1) is 22.9 Å². The van der Waals surface area contributed by atoms with Gasteiger partial charge in [-0.1, -0.05) is 23.7 Å². The number of nitrogens with one attached hydrogen (secondary N) is 2. The topological polar surface area (TPSA) is 122 Å². The average molecular weight is 536 g/mol. The first-order valence-corrected chi connectivity index (χ1v) is 14.0. The molecule has 4 rings (SSSR count). The van der Waals surface area contributed by atoms with Crippen molar-refractivity contribution in [3.8, 4) is 5.75 Å². The number of sulfonamides is 2. The van der Waals surface area contributed by atoms with Gasteiger partial charge in [-0.3, -0.25) is 13.8 Å². The largest absolute Gasteiger partial charge is 0.476 e. The first-order valence-electron chi connectivity index (χ1n) is 10.5. The third-order valence-electron chi connectivity index (χ3n) is 5.26. The molecule has 1 unspecified atom stereocenters. The fraction of sp³-hybridized carbons (Fsp3) is 0.174. The first kappa shape index (κ1) is 24.8. The van der Waals surface area contributed by atoms with Crippen molar-refractivity contribution >= 4 is 54.6 Å². The van der Waals surface area contributed by atoms with E-state index >= 15 is 0 Å². The van der Waals surface area contributed by atoms with Crippen molar-refractivity contribution < 1.29 is 26.4 Å². The summed E-state index contributed by atoms with van der Waals surface area (Å²) in [6.07, 6.45) is -1.10. The molecular weight excluding hydrogens is 514 g/mol. The predicted octanol–water partition coefficient (Wildman–Crippen LogP) is 3.70. The highest BCUT2D eigenvalue weighted by molar-refractivity contribution is 7.93. The van der Waals surface area contributed by atoms with E-state index in [2.05, 4.69) is 10.0 Å². The Morgan fingerprint density at radius 1 is 0.971 bits per heavy atom. The second kappa shape index (κ2) is 9.76. The van der Waals surface area contributed by atoms with Crippen LogP contribution in [0.1, 0.15) is 6.92 Å². The summed E-state index contributed by atoms with van der Waals surface area (Å²) in [7, 11) is -7.49. The third kappa shape index (κ3) is 5.53. The lowest BCUT2D eigenvalue weighted by Gasteiger charge is -2.34. The van der Waals surface area contributed by atoms with Gasteiger partial charge < -0.3 is 10.1 Å². The molecular formula is C23H22ClN3O6S2. The average Bonchev–Trinajstić information content (AvgIpc) is 2.85. The van der Waals surface area contributed by atoms with Crippen LogP contribution in [0.15, 0.2) is 77.7 Å². The molecule has 0 fully saturated rings. The molecule has 0 saturated heterocycles. The number of anilines is 3. The van der Waals surface area contributed by atoms with Gasteiger partial charge in [0.15, 0.2) is 6.10 Å². The summed E-state index contributed by atoms with van der Waals surface area (Å²) in [5.74, 6) is -0.410. The highest BCUT2D eigenvalue weighted by Crippen LogP contribution is 2.35. The molecule has 2 N–H and O–H groups in total. The number of halogens is 1. The highest BCUT2D eigenvalue weighted by Gasteiger charge is 2.36. The number of amides is 1. The van der Waals surface area contributed by atoms with Crippen molar-refractivity contribution in [3.63, 3.8) is 0 Å². The lowest BCUT2D eigenvalue weighted by molar-refractivity contribution is -0.122. The molecule has 3 aromatic carbocycles. The van der Waals surface area contributed by atoms with E-state index in [1.165, 1.54) is 35.5 Å². The fourth-order valence-electron chi connectivity index (χ4n) is 3.43. The summed E-state index contributed by atoms with van der Waals surface area (Å²) in [5.41, 5.74) is 1.06. The maximum Gasteiger partial charge on any atom is 0.267 e. The zero-order chi connectivity index (χ0) is 25.2. The van der Waals surface area contributed by atoms with Gasteiger partial charge in [-0.25, -0.2) is 16.8 Å². The van der Waals surface area contributed by atoms with E-state index in [4.69, 9.17) is 16.3 Å². The number of benzene rings is 3. The number of rotatable bonds is 7. The van der Waals surface area contributed by atoms with Gasteiger partial charge in [-0.05, 0) is 67.6 Å². The van der Waals surface area contributed by atoms with Crippen LogP contribution in [0, 0.1) is 0 Å². The molecule has 184 valence electrons. The molecule has 1 aliphatic rings. The van der Waals surface area contributed by atoms with Crippen LogP contribution in [0.25, 0.3) is 0 Å². The molecule has 1 amide bonds. The molecule has 3 aromatic rings. The standard InChI is InChI=1S/C23H22ClN3O6S2/c1-2-34(29,30)27-15-22(33-21-6-4-3-5-20(21)27)23(28)25-17-11-13-19(14-12-17)35(31,32)26-18-9-7-16(24)8-10-18/h3-14,22,26H,2,15H2,1H3,(H,25,28). The normalized spacial score (nSPS) is 15.6. The van der Waals surface area contributed by atoms with E-state index in [1.54, 1.807) is 48.5 Å². The number of hydrogen-bond acceptors (Lipinski definition) is 6. The lowest BCUT2D eigenvalue weighted by Crippen LogP contribution is -2.49. The number of carbonyl (C=O) groups excluding carboxylic acids is 1. The van der Waals surface area contributed by atoms with Gasteiger partial charge in [0, 0.05) is 16.4 Å². The zero-order valence-corrected chi connectivity index (χ0v) is 20.9. The summed E-state index contributed by atoms with van der Waals surface area (Å²) in [6.45, 7) is 1.34. The van der Waals surface area contributed by atoms with Crippen LogP contribution in [-0.2, 0) is 24.8 Å². The number of carbonyl (C=O) groups is 1. The molecule has 0 bridgehead atoms. The summed E-state index contributed by atoms with van der Waals surface area (Å²) in [5, 5.41) is 3.13. The van der Waals surface area contributed by atoms with Crippen LogP contribution in [0.2, 0.25) is 5.02 Å². The van der Waals surface area contributed by atoms with Crippen LogP contribution in [-0.4, -0.2) is 41.1 Å². The summed E-state index contributed by atoms with van der Waals surface area (Å²) in [4.78, 5) is 12.9. The quantitative estimate of drug-likeness (QED) is 0.476. The van der Waals surface area contributed by atoms with Crippen LogP contribution in [0.3, 0.4) is 0 Å². The van der Waals surface area contributed by atoms with Crippen molar-refractivity contribution in [2.24, 2.45) is 0 Å². The molecule has 0 radical (unpaired) electrons. The number of hydrogen-bond donors (Lipinski definition) is 2. The van der Waals surface area contributed by atoms with Crippen LogP contribution < -0.4 is 19.1 Å². The molecule has 1 atom stereocenters. The van der Waals surface area contributed by atoms with E-state index in [9.17, 15) is 21.6 Å². The second-order valence-corrected chi connectivity index (χ2v) is 11.9. The molecule has 35 heavy (non-hydrogen) atoms. The van der Waals surface area contributed by atoms with Crippen molar-refractivity contribution in [1.29, 1.82) is 0 Å². The Morgan fingerprint density at radius 2 is 1.60 bits per heavy atom. The Hall–Kier alpha value is -3.28. The van der Waals surface area contributed by atoms with Gasteiger partial charge in [-0.2, -0.15) is 0 Å². The van der Waals surface area contributed by atoms with E-state index < -0.39 is 32.1 Å². The maximum absolute atomic E-state index is 12.9. The van der Waals surface area contributed by atoms with Crippen LogP contribution in [0.4, 0.5) is 17.1 Å².